The number of Topliss-reactive ketones (excluding diaryl/α,β-unsaturated/α-hetero) is 1. The number of thiophene rings is 1. The highest BCUT2D eigenvalue weighted by Gasteiger charge is 2.32. The van der Waals surface area contributed by atoms with Crippen LogP contribution >= 0.6 is 11.3 Å². The number of rotatable bonds is 8. The number of aromatic carboxylic acids is 1. The lowest BCUT2D eigenvalue weighted by Crippen LogP contribution is -2.15. The lowest BCUT2D eigenvalue weighted by molar-refractivity contribution is -0.121. The first kappa shape index (κ1) is 21.5. The van der Waals surface area contributed by atoms with Crippen LogP contribution in [0.2, 0.25) is 0 Å². The van der Waals surface area contributed by atoms with Crippen molar-refractivity contribution >= 4 is 33.2 Å². The second-order valence-electron chi connectivity index (χ2n) is 8.27. The monoisotopic (exact) mass is 434 g/mol. The van der Waals surface area contributed by atoms with Crippen LogP contribution in [0.3, 0.4) is 0 Å². The first-order valence-corrected chi connectivity index (χ1v) is 11.5. The van der Waals surface area contributed by atoms with E-state index in [1.807, 2.05) is 24.3 Å². The predicted molar refractivity (Wildman–Crippen MR) is 124 cm³/mol. The molecule has 3 atom stereocenters. The second kappa shape index (κ2) is 9.58. The van der Waals surface area contributed by atoms with Gasteiger partial charge in [-0.05, 0) is 71.3 Å². The van der Waals surface area contributed by atoms with Crippen LogP contribution in [0.15, 0.2) is 66.1 Å². The molecule has 160 valence electrons. The zero-order valence-electron chi connectivity index (χ0n) is 17.2. The SMILES string of the molecule is O=C(O)c1ccc(CC[C@H]2C(=O)CC[C@@H]2/C=C/C(O)Cc2ccc3ccsc3c2)cc1. The number of fused-ring (bicyclic) bond motifs is 1. The van der Waals surface area contributed by atoms with Crippen LogP contribution in [-0.2, 0) is 17.6 Å². The van der Waals surface area contributed by atoms with E-state index < -0.39 is 12.1 Å². The fourth-order valence-electron chi connectivity index (χ4n) is 4.38. The van der Waals surface area contributed by atoms with Crippen molar-refractivity contribution in [2.24, 2.45) is 11.8 Å². The van der Waals surface area contributed by atoms with Gasteiger partial charge in [-0.1, -0.05) is 36.4 Å². The molecule has 1 aliphatic rings. The van der Waals surface area contributed by atoms with Gasteiger partial charge < -0.3 is 10.2 Å². The average molecular weight is 435 g/mol. The smallest absolute Gasteiger partial charge is 0.335 e. The van der Waals surface area contributed by atoms with Crippen molar-refractivity contribution < 1.29 is 19.8 Å². The number of allylic oxidation sites excluding steroid dienone is 1. The number of carboxylic acid groups (broad SMARTS) is 1. The van der Waals surface area contributed by atoms with Gasteiger partial charge in [0, 0.05) is 23.5 Å². The first-order valence-electron chi connectivity index (χ1n) is 10.7. The quantitative estimate of drug-likeness (QED) is 0.473. The normalized spacial score (nSPS) is 20.0. The van der Waals surface area contributed by atoms with E-state index in [0.29, 0.717) is 12.8 Å². The molecule has 2 N–H and O–H groups in total. The van der Waals surface area contributed by atoms with Gasteiger partial charge in [-0.3, -0.25) is 4.79 Å². The van der Waals surface area contributed by atoms with Crippen LogP contribution in [0, 0.1) is 11.8 Å². The summed E-state index contributed by atoms with van der Waals surface area (Å²) in [7, 11) is 0. The molecule has 1 aliphatic carbocycles. The Morgan fingerprint density at radius 2 is 1.90 bits per heavy atom. The molecule has 0 radical (unpaired) electrons. The zero-order valence-corrected chi connectivity index (χ0v) is 18.1. The summed E-state index contributed by atoms with van der Waals surface area (Å²) in [4.78, 5) is 23.4. The summed E-state index contributed by atoms with van der Waals surface area (Å²) in [6.45, 7) is 0. The molecule has 0 saturated heterocycles. The third-order valence-electron chi connectivity index (χ3n) is 6.15. The van der Waals surface area contributed by atoms with Gasteiger partial charge in [0.2, 0.25) is 0 Å². The number of aliphatic hydroxyl groups excluding tert-OH is 1. The molecule has 0 amide bonds. The summed E-state index contributed by atoms with van der Waals surface area (Å²) in [6.07, 6.45) is 6.75. The Bertz CT molecular complexity index is 1100. The van der Waals surface area contributed by atoms with E-state index in [2.05, 4.69) is 29.6 Å². The third-order valence-corrected chi connectivity index (χ3v) is 7.02. The van der Waals surface area contributed by atoms with Crippen LogP contribution in [-0.4, -0.2) is 28.1 Å². The van der Waals surface area contributed by atoms with Crippen molar-refractivity contribution in [3.05, 3.63) is 82.8 Å². The minimum atomic E-state index is -0.934. The van der Waals surface area contributed by atoms with E-state index in [1.165, 1.54) is 10.1 Å². The first-order chi connectivity index (χ1) is 15.0. The fraction of sp³-hybridized carbons (Fsp3) is 0.308. The van der Waals surface area contributed by atoms with Crippen molar-refractivity contribution in [2.45, 2.75) is 38.2 Å². The Balaban J connectivity index is 1.34. The van der Waals surface area contributed by atoms with E-state index in [0.717, 1.165) is 30.4 Å². The number of benzene rings is 2. The van der Waals surface area contributed by atoms with Crippen molar-refractivity contribution in [3.63, 3.8) is 0 Å². The van der Waals surface area contributed by atoms with Crippen molar-refractivity contribution in [1.29, 1.82) is 0 Å². The summed E-state index contributed by atoms with van der Waals surface area (Å²) in [6, 6.07) is 15.2. The highest BCUT2D eigenvalue weighted by molar-refractivity contribution is 7.17. The lowest BCUT2D eigenvalue weighted by atomic mass is 9.88. The van der Waals surface area contributed by atoms with Gasteiger partial charge in [-0.2, -0.15) is 0 Å². The predicted octanol–water partition coefficient (Wildman–Crippen LogP) is 5.29. The summed E-state index contributed by atoms with van der Waals surface area (Å²) in [5, 5.41) is 22.8. The zero-order chi connectivity index (χ0) is 21.8. The molecule has 3 aromatic rings. The molecular weight excluding hydrogens is 408 g/mol. The number of aryl methyl sites for hydroxylation is 1. The number of ketones is 1. The van der Waals surface area contributed by atoms with E-state index >= 15 is 0 Å². The summed E-state index contributed by atoms with van der Waals surface area (Å²) in [5.41, 5.74) is 2.42. The maximum absolute atomic E-state index is 12.4. The Labute approximate surface area is 185 Å². The Morgan fingerprint density at radius 3 is 2.68 bits per heavy atom. The molecule has 4 nitrogen and oxygen atoms in total. The van der Waals surface area contributed by atoms with Crippen molar-refractivity contribution in [1.82, 2.24) is 0 Å². The molecule has 0 bridgehead atoms. The molecule has 1 saturated carbocycles. The number of carboxylic acids is 1. The van der Waals surface area contributed by atoms with Gasteiger partial charge in [-0.15, -0.1) is 11.3 Å². The molecule has 1 heterocycles. The second-order valence-corrected chi connectivity index (χ2v) is 9.21. The van der Waals surface area contributed by atoms with Crippen molar-refractivity contribution in [3.8, 4) is 0 Å². The molecule has 0 aliphatic heterocycles. The summed E-state index contributed by atoms with van der Waals surface area (Å²) >= 11 is 1.70. The van der Waals surface area contributed by atoms with Gasteiger partial charge in [0.15, 0.2) is 0 Å². The van der Waals surface area contributed by atoms with Gasteiger partial charge in [0.05, 0.1) is 11.7 Å². The topological polar surface area (TPSA) is 74.6 Å². The van der Waals surface area contributed by atoms with Gasteiger partial charge in [0.25, 0.3) is 0 Å². The number of aliphatic hydroxyl groups is 1. The van der Waals surface area contributed by atoms with E-state index in [-0.39, 0.29) is 23.2 Å². The lowest BCUT2D eigenvalue weighted by Gasteiger charge is -2.16. The fourth-order valence-corrected chi connectivity index (χ4v) is 5.24. The van der Waals surface area contributed by atoms with E-state index in [4.69, 9.17) is 5.11 Å². The van der Waals surface area contributed by atoms with E-state index in [9.17, 15) is 14.7 Å². The minimum Gasteiger partial charge on any atom is -0.478 e. The van der Waals surface area contributed by atoms with Crippen LogP contribution in [0.1, 0.15) is 40.7 Å². The molecule has 1 unspecified atom stereocenters. The molecule has 31 heavy (non-hydrogen) atoms. The average Bonchev–Trinajstić information content (AvgIpc) is 3.37. The van der Waals surface area contributed by atoms with Gasteiger partial charge in [-0.25, -0.2) is 4.79 Å². The highest BCUT2D eigenvalue weighted by Crippen LogP contribution is 2.33. The molecule has 0 spiro atoms. The molecule has 4 rings (SSSR count). The highest BCUT2D eigenvalue weighted by atomic mass is 32.1. The molecule has 5 heteroatoms. The molecular formula is C26H26O4S. The Morgan fingerprint density at radius 1 is 1.13 bits per heavy atom. The maximum atomic E-state index is 12.4. The van der Waals surface area contributed by atoms with E-state index in [1.54, 1.807) is 23.5 Å². The summed E-state index contributed by atoms with van der Waals surface area (Å²) < 4.78 is 1.23. The maximum Gasteiger partial charge on any atom is 0.335 e. The van der Waals surface area contributed by atoms with Crippen LogP contribution in [0.4, 0.5) is 0 Å². The standard InChI is InChI=1S/C26H26O4S/c27-22(15-18-3-5-20-13-14-31-25(20)16-18)10-8-19-9-12-24(28)23(19)11-4-17-1-6-21(7-2-17)26(29)30/h1-3,5-8,10,13-14,16,19,22-23,27H,4,9,11-12,15H2,(H,29,30)/b10-8+/t19-,22?,23+/m0/s1. The van der Waals surface area contributed by atoms with Crippen molar-refractivity contribution in [2.75, 3.05) is 0 Å². The Kier molecular flexibility index (Phi) is 6.64. The largest absolute Gasteiger partial charge is 0.478 e. The number of carbonyl (C=O) groups is 2. The minimum absolute atomic E-state index is 0.0370. The van der Waals surface area contributed by atoms with Crippen LogP contribution in [0.25, 0.3) is 10.1 Å². The summed E-state index contributed by atoms with van der Waals surface area (Å²) in [5.74, 6) is -0.531. The molecule has 1 aromatic heterocycles. The number of carbonyl (C=O) groups excluding carboxylic acids is 1. The van der Waals surface area contributed by atoms with Gasteiger partial charge in [0.1, 0.15) is 5.78 Å². The van der Waals surface area contributed by atoms with Gasteiger partial charge >= 0.3 is 5.97 Å². The van der Waals surface area contributed by atoms with Crippen LogP contribution in [0.5, 0.6) is 0 Å². The third kappa shape index (κ3) is 5.30. The Hall–Kier alpha value is -2.76. The number of hydrogen-bond acceptors (Lipinski definition) is 4. The molecule has 1 fully saturated rings. The number of hydrogen-bond donors (Lipinski definition) is 2. The molecule has 2 aromatic carbocycles. The van der Waals surface area contributed by atoms with Crippen LogP contribution < -0.4 is 0 Å².